The van der Waals surface area contributed by atoms with Gasteiger partial charge in [-0.2, -0.15) is 0 Å². The van der Waals surface area contributed by atoms with Gasteiger partial charge in [0, 0.05) is 30.5 Å². The van der Waals surface area contributed by atoms with Crippen molar-refractivity contribution in [1.29, 1.82) is 0 Å². The predicted octanol–water partition coefficient (Wildman–Crippen LogP) is 3.33. The van der Waals surface area contributed by atoms with Crippen LogP contribution in [0.5, 0.6) is 0 Å². The summed E-state index contributed by atoms with van der Waals surface area (Å²) in [6.07, 6.45) is 0.926. The Bertz CT molecular complexity index is 869. The van der Waals surface area contributed by atoms with Gasteiger partial charge >= 0.3 is 0 Å². The van der Waals surface area contributed by atoms with Gasteiger partial charge in [0.15, 0.2) is 11.4 Å². The van der Waals surface area contributed by atoms with E-state index in [9.17, 15) is 4.39 Å². The Morgan fingerprint density at radius 2 is 1.92 bits per heavy atom. The fraction of sp³-hybridized carbons (Fsp3) is 0.353. The number of hydrogen-bond acceptors (Lipinski definition) is 4. The molecular weight excluding hydrogens is 331 g/mol. The zero-order valence-corrected chi connectivity index (χ0v) is 14.4. The van der Waals surface area contributed by atoms with Crippen LogP contribution in [0, 0.1) is 19.7 Å². The average Bonchev–Trinajstić information content (AvgIpc) is 3.20. The molecule has 0 spiro atoms. The Hall–Kier alpha value is -2.05. The third-order valence-corrected chi connectivity index (χ3v) is 4.58. The Labute approximate surface area is 145 Å². The van der Waals surface area contributed by atoms with Gasteiger partial charge in [-0.25, -0.2) is 4.39 Å². The van der Waals surface area contributed by atoms with Crippen molar-refractivity contribution in [2.45, 2.75) is 26.3 Å². The summed E-state index contributed by atoms with van der Waals surface area (Å²) >= 11 is 0. The minimum Gasteiger partial charge on any atom is -0.367 e. The van der Waals surface area contributed by atoms with Crippen LogP contribution in [0.1, 0.15) is 17.8 Å². The highest BCUT2D eigenvalue weighted by Gasteiger charge is 2.26. The first-order valence-electron chi connectivity index (χ1n) is 7.80. The summed E-state index contributed by atoms with van der Waals surface area (Å²) < 4.78 is 22.0. The van der Waals surface area contributed by atoms with Crippen LogP contribution >= 0.6 is 12.4 Å². The third-order valence-electron chi connectivity index (χ3n) is 4.58. The Balaban J connectivity index is 0.00000169. The quantitative estimate of drug-likeness (QED) is 0.770. The fourth-order valence-corrected chi connectivity index (χ4v) is 3.39. The number of nitrogens with two attached hydrogens (primary N) is 1. The second-order valence-electron chi connectivity index (χ2n) is 6.22. The number of aromatic nitrogens is 2. The largest absolute Gasteiger partial charge is 0.367 e. The van der Waals surface area contributed by atoms with Gasteiger partial charge in [-0.15, -0.1) is 12.4 Å². The molecule has 1 fully saturated rings. The maximum absolute atomic E-state index is 14.5. The molecule has 24 heavy (non-hydrogen) atoms. The Kier molecular flexibility index (Phi) is 4.27. The first-order chi connectivity index (χ1) is 11.1. The van der Waals surface area contributed by atoms with Gasteiger partial charge in [-0.3, -0.25) is 4.57 Å². The SMILES string of the molecule is Cc1ccc(C)n1-c1noc2c(N3CCC(N)C3)ccc(F)c12.Cl. The number of benzene rings is 1. The van der Waals surface area contributed by atoms with Crippen molar-refractivity contribution in [3.8, 4) is 5.82 Å². The normalized spacial score (nSPS) is 17.5. The minimum atomic E-state index is -0.323. The molecule has 1 atom stereocenters. The van der Waals surface area contributed by atoms with E-state index in [0.29, 0.717) is 16.8 Å². The summed E-state index contributed by atoms with van der Waals surface area (Å²) in [5.74, 6) is 0.179. The number of rotatable bonds is 2. The lowest BCUT2D eigenvalue weighted by molar-refractivity contribution is 0.451. The van der Waals surface area contributed by atoms with Gasteiger partial charge in [0.25, 0.3) is 0 Å². The molecule has 0 aliphatic carbocycles. The molecule has 0 amide bonds. The van der Waals surface area contributed by atoms with Gasteiger partial charge in [0.05, 0.1) is 5.69 Å². The van der Waals surface area contributed by atoms with Crippen LogP contribution in [0.25, 0.3) is 16.8 Å². The first-order valence-corrected chi connectivity index (χ1v) is 7.80. The smallest absolute Gasteiger partial charge is 0.195 e. The molecule has 7 heteroatoms. The molecule has 2 N–H and O–H groups in total. The molecule has 3 aromatic rings. The third kappa shape index (κ3) is 2.46. The molecule has 5 nitrogen and oxygen atoms in total. The molecule has 2 aromatic heterocycles. The molecule has 0 saturated carbocycles. The van der Waals surface area contributed by atoms with E-state index in [0.717, 1.165) is 36.6 Å². The topological polar surface area (TPSA) is 60.2 Å². The molecule has 4 rings (SSSR count). The van der Waals surface area contributed by atoms with Crippen LogP contribution in [0.2, 0.25) is 0 Å². The zero-order chi connectivity index (χ0) is 16.1. The number of hydrogen-bond donors (Lipinski definition) is 1. The van der Waals surface area contributed by atoms with Crippen molar-refractivity contribution in [3.05, 3.63) is 41.5 Å². The number of aryl methyl sites for hydroxylation is 2. The van der Waals surface area contributed by atoms with Crippen LogP contribution in [0.4, 0.5) is 10.1 Å². The van der Waals surface area contributed by atoms with Gasteiger partial charge in [-0.1, -0.05) is 5.16 Å². The second kappa shape index (κ2) is 6.11. The summed E-state index contributed by atoms with van der Waals surface area (Å²) in [5, 5.41) is 4.58. The molecule has 128 valence electrons. The van der Waals surface area contributed by atoms with E-state index in [4.69, 9.17) is 10.3 Å². The van der Waals surface area contributed by atoms with Crippen LogP contribution in [-0.2, 0) is 0 Å². The number of fused-ring (bicyclic) bond motifs is 1. The van der Waals surface area contributed by atoms with E-state index >= 15 is 0 Å². The maximum atomic E-state index is 14.5. The van der Waals surface area contributed by atoms with Gasteiger partial charge < -0.3 is 15.2 Å². The highest BCUT2D eigenvalue weighted by molar-refractivity contribution is 5.94. The molecule has 0 bridgehead atoms. The summed E-state index contributed by atoms with van der Waals surface area (Å²) in [7, 11) is 0. The average molecular weight is 351 g/mol. The van der Waals surface area contributed by atoms with Crippen molar-refractivity contribution in [3.63, 3.8) is 0 Å². The summed E-state index contributed by atoms with van der Waals surface area (Å²) in [4.78, 5) is 2.14. The molecular formula is C17H20ClFN4O. The van der Waals surface area contributed by atoms with Crippen molar-refractivity contribution in [2.24, 2.45) is 5.73 Å². The van der Waals surface area contributed by atoms with Crippen molar-refractivity contribution >= 4 is 29.1 Å². The lowest BCUT2D eigenvalue weighted by Crippen LogP contribution is -2.26. The van der Waals surface area contributed by atoms with Crippen molar-refractivity contribution < 1.29 is 8.91 Å². The van der Waals surface area contributed by atoms with Gasteiger partial charge in [0.1, 0.15) is 11.2 Å². The maximum Gasteiger partial charge on any atom is 0.195 e. The highest BCUT2D eigenvalue weighted by atomic mass is 35.5. The second-order valence-corrected chi connectivity index (χ2v) is 6.22. The van der Waals surface area contributed by atoms with E-state index < -0.39 is 0 Å². The summed E-state index contributed by atoms with van der Waals surface area (Å²) in [6.45, 7) is 5.53. The van der Waals surface area contributed by atoms with Crippen molar-refractivity contribution in [1.82, 2.24) is 9.72 Å². The van der Waals surface area contributed by atoms with Crippen LogP contribution in [0.3, 0.4) is 0 Å². The lowest BCUT2D eigenvalue weighted by Gasteiger charge is -2.17. The standard InChI is InChI=1S/C17H19FN4O.ClH/c1-10-3-4-11(2)22(10)17-15-13(18)5-6-14(16(15)23-20-17)21-8-7-12(19)9-21;/h3-6,12H,7-9,19H2,1-2H3;1H. The highest BCUT2D eigenvalue weighted by Crippen LogP contribution is 2.35. The lowest BCUT2D eigenvalue weighted by atomic mass is 10.2. The van der Waals surface area contributed by atoms with Gasteiger partial charge in [0.2, 0.25) is 0 Å². The van der Waals surface area contributed by atoms with Crippen LogP contribution in [-0.4, -0.2) is 28.9 Å². The number of anilines is 1. The van der Waals surface area contributed by atoms with E-state index in [1.807, 2.05) is 30.5 Å². The van der Waals surface area contributed by atoms with Crippen LogP contribution < -0.4 is 10.6 Å². The molecule has 1 aliphatic heterocycles. The molecule has 1 aliphatic rings. The van der Waals surface area contributed by atoms with Gasteiger partial charge in [-0.05, 0) is 44.5 Å². The van der Waals surface area contributed by atoms with Crippen LogP contribution in [0.15, 0.2) is 28.8 Å². The predicted molar refractivity (Wildman–Crippen MR) is 94.8 cm³/mol. The molecule has 3 heterocycles. The fourth-order valence-electron chi connectivity index (χ4n) is 3.39. The first kappa shape index (κ1) is 16.8. The van der Waals surface area contributed by atoms with Crippen molar-refractivity contribution in [2.75, 3.05) is 18.0 Å². The zero-order valence-electron chi connectivity index (χ0n) is 13.6. The molecule has 1 aromatic carbocycles. The number of nitrogens with zero attached hydrogens (tertiary/aromatic N) is 3. The monoisotopic (exact) mass is 350 g/mol. The molecule has 0 radical (unpaired) electrons. The van der Waals surface area contributed by atoms with E-state index in [2.05, 4.69) is 10.1 Å². The van der Waals surface area contributed by atoms with E-state index in [1.54, 1.807) is 6.07 Å². The van der Waals surface area contributed by atoms with E-state index in [1.165, 1.54) is 6.07 Å². The summed E-state index contributed by atoms with van der Waals surface area (Å²) in [5.41, 5.74) is 9.32. The molecule has 1 saturated heterocycles. The minimum absolute atomic E-state index is 0. The van der Waals surface area contributed by atoms with E-state index in [-0.39, 0.29) is 24.3 Å². The number of halogens is 2. The molecule has 1 unspecified atom stereocenters. The summed E-state index contributed by atoms with van der Waals surface area (Å²) in [6, 6.07) is 7.34. The Morgan fingerprint density at radius 1 is 1.21 bits per heavy atom. The Morgan fingerprint density at radius 3 is 2.54 bits per heavy atom.